The smallest absolute Gasteiger partial charge is 0.245 e. The molecule has 128 valence electrons. The minimum absolute atomic E-state index is 0.182. The van der Waals surface area contributed by atoms with Crippen molar-refractivity contribution in [1.29, 1.82) is 0 Å². The van der Waals surface area contributed by atoms with Gasteiger partial charge in [-0.2, -0.15) is 4.31 Å². The number of nitrogens with zero attached hydrogens (tertiary/aromatic N) is 1. The molecule has 1 heterocycles. The predicted molar refractivity (Wildman–Crippen MR) is 91.1 cm³/mol. The summed E-state index contributed by atoms with van der Waals surface area (Å²) in [6, 6.07) is 13.5. The highest BCUT2D eigenvalue weighted by molar-refractivity contribution is 7.89. The van der Waals surface area contributed by atoms with Crippen molar-refractivity contribution in [3.63, 3.8) is 0 Å². The van der Waals surface area contributed by atoms with Gasteiger partial charge in [0.15, 0.2) is 0 Å². The van der Waals surface area contributed by atoms with E-state index >= 15 is 0 Å². The highest BCUT2D eigenvalue weighted by Gasteiger charge is 2.52. The largest absolute Gasteiger partial charge is 0.497 e. The second-order valence-electron chi connectivity index (χ2n) is 6.14. The number of hydrogen-bond donors (Lipinski definition) is 1. The van der Waals surface area contributed by atoms with Crippen LogP contribution in [0.4, 0.5) is 0 Å². The molecule has 6 heteroatoms. The lowest BCUT2D eigenvalue weighted by atomic mass is 9.85. The molecule has 1 fully saturated rings. The zero-order valence-electron chi connectivity index (χ0n) is 13.9. The number of rotatable bonds is 4. The fourth-order valence-corrected chi connectivity index (χ4v) is 4.88. The number of ether oxygens (including phenoxy) is 1. The molecule has 0 aliphatic carbocycles. The van der Waals surface area contributed by atoms with Crippen LogP contribution in [0.1, 0.15) is 24.1 Å². The molecule has 2 aromatic rings. The molecule has 0 aromatic heterocycles. The molecule has 1 N–H and O–H groups in total. The molecular formula is C18H21NO4S. The van der Waals surface area contributed by atoms with Gasteiger partial charge in [0.1, 0.15) is 12.0 Å². The first-order valence-corrected chi connectivity index (χ1v) is 9.22. The van der Waals surface area contributed by atoms with Crippen LogP contribution in [0.15, 0.2) is 53.4 Å². The molecule has 0 saturated carbocycles. The summed E-state index contributed by atoms with van der Waals surface area (Å²) >= 11 is 0. The normalized spacial score (nSPS) is 24.4. The number of sulfonamides is 1. The van der Waals surface area contributed by atoms with E-state index in [0.717, 1.165) is 11.1 Å². The van der Waals surface area contributed by atoms with E-state index < -0.39 is 22.3 Å². The maximum atomic E-state index is 12.9. The second kappa shape index (κ2) is 6.20. The summed E-state index contributed by atoms with van der Waals surface area (Å²) in [5.74, 6) is 0.526. The molecule has 0 spiro atoms. The van der Waals surface area contributed by atoms with Crippen LogP contribution in [0.2, 0.25) is 0 Å². The highest BCUT2D eigenvalue weighted by atomic mass is 32.2. The van der Waals surface area contributed by atoms with E-state index in [0.29, 0.717) is 5.75 Å². The van der Waals surface area contributed by atoms with Crippen molar-refractivity contribution in [3.8, 4) is 5.75 Å². The molecular weight excluding hydrogens is 326 g/mol. The van der Waals surface area contributed by atoms with E-state index in [1.165, 1.54) is 4.31 Å². The van der Waals surface area contributed by atoms with Crippen LogP contribution in [0.5, 0.6) is 5.75 Å². The zero-order valence-corrected chi connectivity index (χ0v) is 14.7. The summed E-state index contributed by atoms with van der Waals surface area (Å²) in [5, 5.41) is 10.3. The van der Waals surface area contributed by atoms with Crippen molar-refractivity contribution in [2.45, 2.75) is 31.0 Å². The van der Waals surface area contributed by atoms with Crippen molar-refractivity contribution in [2.75, 3.05) is 7.11 Å². The molecule has 3 rings (SSSR count). The number of aliphatic hydroxyl groups is 1. The van der Waals surface area contributed by atoms with E-state index in [1.807, 2.05) is 26.0 Å². The van der Waals surface area contributed by atoms with Gasteiger partial charge in [-0.3, -0.25) is 0 Å². The first-order chi connectivity index (χ1) is 11.4. The lowest BCUT2D eigenvalue weighted by Crippen LogP contribution is -2.59. The SMILES string of the molecule is COc1ccc([C@@H]2[C@@H](C)[C@H](O)N2S(=O)(=O)c2ccc(C)cc2)cc1. The summed E-state index contributed by atoms with van der Waals surface area (Å²) in [7, 11) is -2.18. The minimum Gasteiger partial charge on any atom is -0.497 e. The van der Waals surface area contributed by atoms with E-state index in [-0.39, 0.29) is 10.8 Å². The third-order valence-corrected chi connectivity index (χ3v) is 6.42. The number of aliphatic hydroxyl groups excluding tert-OH is 1. The molecule has 3 atom stereocenters. The van der Waals surface area contributed by atoms with Crippen LogP contribution < -0.4 is 4.74 Å². The lowest BCUT2D eigenvalue weighted by molar-refractivity contribution is -0.115. The summed E-state index contributed by atoms with van der Waals surface area (Å²) < 4.78 is 32.2. The Labute approximate surface area is 142 Å². The van der Waals surface area contributed by atoms with Gasteiger partial charge < -0.3 is 9.84 Å². The predicted octanol–water partition coefficient (Wildman–Crippen LogP) is 2.70. The van der Waals surface area contributed by atoms with E-state index in [9.17, 15) is 13.5 Å². The van der Waals surface area contributed by atoms with E-state index in [2.05, 4.69) is 0 Å². The van der Waals surface area contributed by atoms with Crippen molar-refractivity contribution < 1.29 is 18.3 Å². The highest BCUT2D eigenvalue weighted by Crippen LogP contribution is 2.46. The van der Waals surface area contributed by atoms with Gasteiger partial charge in [-0.05, 0) is 36.8 Å². The Kier molecular flexibility index (Phi) is 4.38. The van der Waals surface area contributed by atoms with Crippen LogP contribution >= 0.6 is 0 Å². The van der Waals surface area contributed by atoms with Crippen molar-refractivity contribution in [1.82, 2.24) is 4.31 Å². The Morgan fingerprint density at radius 1 is 1.04 bits per heavy atom. The van der Waals surface area contributed by atoms with E-state index in [1.54, 1.807) is 43.5 Å². The average Bonchev–Trinajstić information content (AvgIpc) is 2.59. The van der Waals surface area contributed by atoms with Crippen LogP contribution in [0.25, 0.3) is 0 Å². The number of aryl methyl sites for hydroxylation is 1. The van der Waals surface area contributed by atoms with Crippen LogP contribution in [-0.4, -0.2) is 31.2 Å². The third kappa shape index (κ3) is 2.70. The van der Waals surface area contributed by atoms with E-state index in [4.69, 9.17) is 4.74 Å². The molecule has 1 aliphatic heterocycles. The molecule has 0 unspecified atom stereocenters. The molecule has 1 aliphatic rings. The van der Waals surface area contributed by atoms with Gasteiger partial charge in [0.05, 0.1) is 18.0 Å². The van der Waals surface area contributed by atoms with Crippen LogP contribution in [-0.2, 0) is 10.0 Å². The molecule has 1 saturated heterocycles. The zero-order chi connectivity index (χ0) is 17.5. The van der Waals surface area contributed by atoms with Gasteiger partial charge in [0, 0.05) is 5.92 Å². The molecule has 0 amide bonds. The lowest BCUT2D eigenvalue weighted by Gasteiger charge is -2.50. The molecule has 5 nitrogen and oxygen atoms in total. The maximum absolute atomic E-state index is 12.9. The van der Waals surface area contributed by atoms with Gasteiger partial charge in [-0.1, -0.05) is 36.8 Å². The fraction of sp³-hybridized carbons (Fsp3) is 0.333. The average molecular weight is 347 g/mol. The quantitative estimate of drug-likeness (QED) is 0.923. The Morgan fingerprint density at radius 2 is 1.62 bits per heavy atom. The molecule has 24 heavy (non-hydrogen) atoms. The summed E-state index contributed by atoms with van der Waals surface area (Å²) in [6.45, 7) is 3.75. The topological polar surface area (TPSA) is 66.8 Å². The Bertz CT molecular complexity index is 815. The Hall–Kier alpha value is -1.89. The van der Waals surface area contributed by atoms with Crippen LogP contribution in [0.3, 0.4) is 0 Å². The summed E-state index contributed by atoms with van der Waals surface area (Å²) in [4.78, 5) is 0.192. The van der Waals surface area contributed by atoms with Crippen molar-refractivity contribution in [3.05, 3.63) is 59.7 Å². The number of methoxy groups -OCH3 is 1. The van der Waals surface area contributed by atoms with Gasteiger partial charge in [-0.15, -0.1) is 0 Å². The monoisotopic (exact) mass is 347 g/mol. The molecule has 2 aromatic carbocycles. The van der Waals surface area contributed by atoms with Crippen molar-refractivity contribution >= 4 is 10.0 Å². The maximum Gasteiger partial charge on any atom is 0.245 e. The molecule has 0 bridgehead atoms. The first-order valence-electron chi connectivity index (χ1n) is 7.78. The van der Waals surface area contributed by atoms with Crippen LogP contribution in [0, 0.1) is 12.8 Å². The van der Waals surface area contributed by atoms with Gasteiger partial charge in [0.2, 0.25) is 10.0 Å². The summed E-state index contributed by atoms with van der Waals surface area (Å²) in [6.07, 6.45) is -1.02. The van der Waals surface area contributed by atoms with Crippen molar-refractivity contribution in [2.24, 2.45) is 5.92 Å². The third-order valence-electron chi connectivity index (χ3n) is 4.56. The number of hydrogen-bond acceptors (Lipinski definition) is 4. The van der Waals surface area contributed by atoms with Gasteiger partial charge in [-0.25, -0.2) is 8.42 Å². The Morgan fingerprint density at radius 3 is 2.17 bits per heavy atom. The standard InChI is InChI=1S/C18H21NO4S/c1-12-4-10-16(11-5-12)24(21,22)19-17(13(2)18(19)20)14-6-8-15(23-3)9-7-14/h4-11,13,17-18,20H,1-3H3/t13-,17+,18+/m1/s1. The molecule has 0 radical (unpaired) electrons. The summed E-state index contributed by atoms with van der Waals surface area (Å²) in [5.41, 5.74) is 1.82. The Balaban J connectivity index is 1.96. The number of benzene rings is 2. The minimum atomic E-state index is -3.76. The van der Waals surface area contributed by atoms with Gasteiger partial charge in [0.25, 0.3) is 0 Å². The second-order valence-corrected chi connectivity index (χ2v) is 7.98. The first kappa shape index (κ1) is 17.0. The fourth-order valence-electron chi connectivity index (χ4n) is 3.06. The van der Waals surface area contributed by atoms with Gasteiger partial charge >= 0.3 is 0 Å².